The molecule has 2 aromatic carbocycles. The minimum Gasteiger partial charge on any atom is -0.494 e. The number of carbonyl (C=O) groups is 1. The largest absolute Gasteiger partial charge is 0.494 e. The molecule has 2 aromatic rings. The van der Waals surface area contributed by atoms with Gasteiger partial charge in [0.1, 0.15) is 5.75 Å². The number of carbonyl (C=O) groups excluding carboxylic acids is 1. The third-order valence-corrected chi connectivity index (χ3v) is 3.33. The number of anilines is 1. The number of ether oxygens (including phenoxy) is 1. The van der Waals surface area contributed by atoms with E-state index in [1.165, 1.54) is 18.2 Å². The Bertz CT molecular complexity index is 717. The summed E-state index contributed by atoms with van der Waals surface area (Å²) in [7, 11) is 0. The van der Waals surface area contributed by atoms with Gasteiger partial charge in [-0.05, 0) is 36.8 Å². The first-order valence-corrected chi connectivity index (χ1v) is 7.37. The van der Waals surface area contributed by atoms with E-state index in [4.69, 9.17) is 16.3 Å². The van der Waals surface area contributed by atoms with Gasteiger partial charge in [0.05, 0.1) is 22.2 Å². The van der Waals surface area contributed by atoms with Crippen molar-refractivity contribution in [3.8, 4) is 5.75 Å². The van der Waals surface area contributed by atoms with Crippen LogP contribution in [0.2, 0.25) is 5.02 Å². The average molecular weight is 335 g/mol. The van der Waals surface area contributed by atoms with E-state index in [1.807, 2.05) is 6.92 Å². The van der Waals surface area contributed by atoms with Crippen molar-refractivity contribution >= 4 is 28.9 Å². The molecule has 23 heavy (non-hydrogen) atoms. The standard InChI is InChI=1S/C16H15ClN2O4/c1-2-9-23-13-6-3-11(4-7-13)16(20)18-15-10-12(19(21)22)5-8-14(15)17/h3-8,10H,2,9H2,1H3,(H,18,20). The van der Waals surface area contributed by atoms with Crippen LogP contribution in [0.4, 0.5) is 11.4 Å². The van der Waals surface area contributed by atoms with Crippen LogP contribution in [0.25, 0.3) is 0 Å². The lowest BCUT2D eigenvalue weighted by molar-refractivity contribution is -0.384. The molecular weight excluding hydrogens is 320 g/mol. The highest BCUT2D eigenvalue weighted by atomic mass is 35.5. The number of amides is 1. The summed E-state index contributed by atoms with van der Waals surface area (Å²) in [6.07, 6.45) is 0.896. The normalized spacial score (nSPS) is 10.2. The first-order valence-electron chi connectivity index (χ1n) is 6.99. The molecule has 1 N–H and O–H groups in total. The van der Waals surface area contributed by atoms with Gasteiger partial charge in [0.25, 0.3) is 11.6 Å². The van der Waals surface area contributed by atoms with Gasteiger partial charge in [-0.2, -0.15) is 0 Å². The number of nitrogens with zero attached hydrogens (tertiary/aromatic N) is 1. The van der Waals surface area contributed by atoms with Gasteiger partial charge >= 0.3 is 0 Å². The first-order chi connectivity index (χ1) is 11.0. The Hall–Kier alpha value is -2.60. The van der Waals surface area contributed by atoms with Crippen LogP contribution in [0.5, 0.6) is 5.75 Å². The fourth-order valence-electron chi connectivity index (χ4n) is 1.84. The highest BCUT2D eigenvalue weighted by Crippen LogP contribution is 2.27. The van der Waals surface area contributed by atoms with Gasteiger partial charge in [-0.3, -0.25) is 14.9 Å². The highest BCUT2D eigenvalue weighted by molar-refractivity contribution is 6.34. The predicted molar refractivity (Wildman–Crippen MR) is 88.3 cm³/mol. The van der Waals surface area contributed by atoms with Crippen molar-refractivity contribution in [3.63, 3.8) is 0 Å². The summed E-state index contributed by atoms with van der Waals surface area (Å²) >= 11 is 5.96. The number of nitro benzene ring substituents is 1. The molecule has 0 spiro atoms. The van der Waals surface area contributed by atoms with Crippen molar-refractivity contribution < 1.29 is 14.5 Å². The summed E-state index contributed by atoms with van der Waals surface area (Å²) < 4.78 is 5.44. The maximum Gasteiger partial charge on any atom is 0.271 e. The van der Waals surface area contributed by atoms with Gasteiger partial charge in [-0.1, -0.05) is 18.5 Å². The summed E-state index contributed by atoms with van der Waals surface area (Å²) in [4.78, 5) is 22.4. The highest BCUT2D eigenvalue weighted by Gasteiger charge is 2.13. The number of nitrogens with one attached hydrogen (secondary N) is 1. The SMILES string of the molecule is CCCOc1ccc(C(=O)Nc2cc([N+](=O)[O-])ccc2Cl)cc1. The molecule has 0 aliphatic heterocycles. The Morgan fingerprint density at radius 1 is 1.26 bits per heavy atom. The lowest BCUT2D eigenvalue weighted by atomic mass is 10.2. The van der Waals surface area contributed by atoms with Crippen molar-refractivity contribution in [3.05, 3.63) is 63.2 Å². The Morgan fingerprint density at radius 2 is 1.96 bits per heavy atom. The summed E-state index contributed by atoms with van der Waals surface area (Å²) in [5.41, 5.74) is 0.446. The van der Waals surface area contributed by atoms with E-state index in [2.05, 4.69) is 5.32 Å². The van der Waals surface area contributed by atoms with Crippen molar-refractivity contribution in [1.29, 1.82) is 0 Å². The molecule has 0 saturated carbocycles. The summed E-state index contributed by atoms with van der Waals surface area (Å²) in [5, 5.41) is 13.6. The second-order valence-corrected chi connectivity index (χ2v) is 5.16. The first kappa shape index (κ1) is 16.8. The van der Waals surface area contributed by atoms with E-state index < -0.39 is 10.8 Å². The van der Waals surface area contributed by atoms with Crippen LogP contribution >= 0.6 is 11.6 Å². The maximum atomic E-state index is 12.2. The molecule has 0 radical (unpaired) electrons. The number of hydrogen-bond donors (Lipinski definition) is 1. The van der Waals surface area contributed by atoms with Gasteiger partial charge in [0.2, 0.25) is 0 Å². The predicted octanol–water partition coefficient (Wildman–Crippen LogP) is 4.29. The molecule has 0 aromatic heterocycles. The smallest absolute Gasteiger partial charge is 0.271 e. The van der Waals surface area contributed by atoms with E-state index in [0.717, 1.165) is 6.42 Å². The van der Waals surface area contributed by atoms with E-state index in [0.29, 0.717) is 17.9 Å². The quantitative estimate of drug-likeness (QED) is 0.631. The molecule has 0 bridgehead atoms. The molecule has 7 heteroatoms. The van der Waals surface area contributed by atoms with E-state index in [-0.39, 0.29) is 16.4 Å². The van der Waals surface area contributed by atoms with E-state index in [9.17, 15) is 14.9 Å². The zero-order chi connectivity index (χ0) is 16.8. The summed E-state index contributed by atoms with van der Waals surface area (Å²) in [6.45, 7) is 2.61. The minimum atomic E-state index is -0.550. The van der Waals surface area contributed by atoms with Crippen LogP contribution in [0.1, 0.15) is 23.7 Å². The molecule has 0 saturated heterocycles. The molecule has 6 nitrogen and oxygen atoms in total. The lowest BCUT2D eigenvalue weighted by Crippen LogP contribution is -2.12. The van der Waals surface area contributed by atoms with Crippen LogP contribution < -0.4 is 10.1 Å². The molecule has 0 unspecified atom stereocenters. The number of benzene rings is 2. The Balaban J connectivity index is 2.12. The minimum absolute atomic E-state index is 0.145. The van der Waals surface area contributed by atoms with E-state index in [1.54, 1.807) is 24.3 Å². The molecule has 2 rings (SSSR count). The van der Waals surface area contributed by atoms with Gasteiger partial charge in [0.15, 0.2) is 0 Å². The molecular formula is C16H15ClN2O4. The van der Waals surface area contributed by atoms with Gasteiger partial charge in [0, 0.05) is 17.7 Å². The molecule has 1 amide bonds. The van der Waals surface area contributed by atoms with Crippen LogP contribution in [0.3, 0.4) is 0 Å². The summed E-state index contributed by atoms with van der Waals surface area (Å²) in [6, 6.07) is 10.5. The van der Waals surface area contributed by atoms with Crippen LogP contribution in [-0.4, -0.2) is 17.4 Å². The van der Waals surface area contributed by atoms with Gasteiger partial charge in [-0.15, -0.1) is 0 Å². The van der Waals surface area contributed by atoms with Crippen molar-refractivity contribution in [2.75, 3.05) is 11.9 Å². The van der Waals surface area contributed by atoms with Crippen LogP contribution in [-0.2, 0) is 0 Å². The molecule has 0 aliphatic carbocycles. The Morgan fingerprint density at radius 3 is 2.57 bits per heavy atom. The molecule has 0 fully saturated rings. The van der Waals surface area contributed by atoms with Crippen LogP contribution in [0.15, 0.2) is 42.5 Å². The lowest BCUT2D eigenvalue weighted by Gasteiger charge is -2.08. The Labute approximate surface area is 138 Å². The van der Waals surface area contributed by atoms with E-state index >= 15 is 0 Å². The number of nitro groups is 1. The second-order valence-electron chi connectivity index (χ2n) is 4.75. The summed E-state index contributed by atoms with van der Waals surface area (Å²) in [5.74, 6) is 0.270. The fraction of sp³-hybridized carbons (Fsp3) is 0.188. The monoisotopic (exact) mass is 334 g/mol. The average Bonchev–Trinajstić information content (AvgIpc) is 2.55. The third-order valence-electron chi connectivity index (χ3n) is 3.00. The molecule has 0 heterocycles. The number of hydrogen-bond acceptors (Lipinski definition) is 4. The zero-order valence-electron chi connectivity index (χ0n) is 12.4. The molecule has 0 aliphatic rings. The molecule has 0 atom stereocenters. The van der Waals surface area contributed by atoms with Crippen molar-refractivity contribution in [2.24, 2.45) is 0 Å². The number of rotatable bonds is 6. The van der Waals surface area contributed by atoms with Crippen molar-refractivity contribution in [1.82, 2.24) is 0 Å². The second kappa shape index (κ2) is 7.60. The topological polar surface area (TPSA) is 81.5 Å². The van der Waals surface area contributed by atoms with Gasteiger partial charge in [-0.25, -0.2) is 0 Å². The number of non-ortho nitro benzene ring substituents is 1. The number of halogens is 1. The van der Waals surface area contributed by atoms with Crippen molar-refractivity contribution in [2.45, 2.75) is 13.3 Å². The zero-order valence-corrected chi connectivity index (χ0v) is 13.2. The molecule has 120 valence electrons. The van der Waals surface area contributed by atoms with Crippen LogP contribution in [0, 0.1) is 10.1 Å². The van der Waals surface area contributed by atoms with Gasteiger partial charge < -0.3 is 10.1 Å². The third kappa shape index (κ3) is 4.43. The Kier molecular flexibility index (Phi) is 5.54. The maximum absolute atomic E-state index is 12.2. The fourth-order valence-corrected chi connectivity index (χ4v) is 2.00.